The van der Waals surface area contributed by atoms with Crippen molar-refractivity contribution >= 4 is 29.1 Å². The van der Waals surface area contributed by atoms with Gasteiger partial charge in [0.25, 0.3) is 5.91 Å². The summed E-state index contributed by atoms with van der Waals surface area (Å²) in [6.45, 7) is 3.96. The molecule has 5 heteroatoms. The number of rotatable bonds is 5. The molecular weight excluding hydrogens is 273 g/mol. The van der Waals surface area contributed by atoms with Crippen LogP contribution in [-0.2, 0) is 0 Å². The first kappa shape index (κ1) is 15.1. The molecule has 1 rings (SSSR count). The van der Waals surface area contributed by atoms with Gasteiger partial charge in [0.1, 0.15) is 5.75 Å². The maximum atomic E-state index is 12.1. The van der Waals surface area contributed by atoms with E-state index in [2.05, 4.69) is 5.32 Å². The number of halogens is 2. The van der Waals surface area contributed by atoms with Crippen molar-refractivity contribution in [3.05, 3.63) is 28.8 Å². The summed E-state index contributed by atoms with van der Waals surface area (Å²) in [4.78, 5) is 12.1. The van der Waals surface area contributed by atoms with Gasteiger partial charge in [-0.25, -0.2) is 0 Å². The molecule has 3 nitrogen and oxygen atoms in total. The van der Waals surface area contributed by atoms with Gasteiger partial charge in [0.05, 0.1) is 10.6 Å². The summed E-state index contributed by atoms with van der Waals surface area (Å²) >= 11 is 11.7. The van der Waals surface area contributed by atoms with Crippen LogP contribution in [0.1, 0.15) is 37.0 Å². The summed E-state index contributed by atoms with van der Waals surface area (Å²) in [5.74, 6) is 0.0847. The number of hydrogen-bond donors (Lipinski definition) is 2. The molecule has 0 aliphatic rings. The van der Waals surface area contributed by atoms with Crippen molar-refractivity contribution in [1.29, 1.82) is 0 Å². The Morgan fingerprint density at radius 2 is 2.00 bits per heavy atom. The fraction of sp³-hybridized carbons (Fsp3) is 0.462. The summed E-state index contributed by atoms with van der Waals surface area (Å²) < 4.78 is 0. The minimum absolute atomic E-state index is 0.0391. The molecule has 18 heavy (non-hydrogen) atoms. The predicted molar refractivity (Wildman–Crippen MR) is 74.6 cm³/mol. The highest BCUT2D eigenvalue weighted by Gasteiger charge is 2.27. The normalized spacial score (nSPS) is 11.3. The third-order valence-corrected chi connectivity index (χ3v) is 4.01. The summed E-state index contributed by atoms with van der Waals surface area (Å²) in [5.41, 5.74) is 0.0115. The van der Waals surface area contributed by atoms with Gasteiger partial charge in [-0.1, -0.05) is 25.4 Å². The molecule has 0 aromatic heterocycles. The van der Waals surface area contributed by atoms with Crippen molar-refractivity contribution < 1.29 is 9.90 Å². The Morgan fingerprint density at radius 3 is 2.44 bits per heavy atom. The molecule has 0 heterocycles. The Labute approximate surface area is 117 Å². The number of amides is 1. The first-order chi connectivity index (χ1) is 8.48. The Bertz CT molecular complexity index is 423. The Hall–Kier alpha value is -0.930. The van der Waals surface area contributed by atoms with Gasteiger partial charge < -0.3 is 10.4 Å². The number of nitrogens with one attached hydrogen (secondary N) is 1. The minimum atomic E-state index is -0.400. The van der Waals surface area contributed by atoms with Gasteiger partial charge in [-0.15, -0.1) is 11.6 Å². The number of aromatic hydroxyl groups is 1. The van der Waals surface area contributed by atoms with Crippen LogP contribution in [0.2, 0.25) is 5.02 Å². The zero-order valence-corrected chi connectivity index (χ0v) is 12.0. The molecule has 0 radical (unpaired) electrons. The number of carbonyl (C=O) groups excluding carboxylic acids is 1. The molecule has 0 spiro atoms. The molecule has 1 amide bonds. The minimum Gasteiger partial charge on any atom is -0.506 e. The van der Waals surface area contributed by atoms with Gasteiger partial charge in [-0.2, -0.15) is 0 Å². The molecule has 1 aromatic carbocycles. The fourth-order valence-corrected chi connectivity index (χ4v) is 2.24. The van der Waals surface area contributed by atoms with E-state index in [9.17, 15) is 9.90 Å². The van der Waals surface area contributed by atoms with E-state index in [1.807, 2.05) is 13.8 Å². The van der Waals surface area contributed by atoms with E-state index in [-0.39, 0.29) is 16.7 Å². The van der Waals surface area contributed by atoms with Crippen LogP contribution in [0.15, 0.2) is 18.2 Å². The molecule has 100 valence electrons. The zero-order valence-electron chi connectivity index (χ0n) is 10.5. The standard InChI is InChI=1S/C13H17Cl2NO2/c1-3-13(4-2,8-14)16-12(18)9-5-6-11(17)10(15)7-9/h5-7,17H,3-4,8H2,1-2H3,(H,16,18). The van der Waals surface area contributed by atoms with Crippen LogP contribution in [0, 0.1) is 0 Å². The second-order valence-corrected chi connectivity index (χ2v) is 4.92. The highest BCUT2D eigenvalue weighted by molar-refractivity contribution is 6.32. The third kappa shape index (κ3) is 3.30. The van der Waals surface area contributed by atoms with Crippen molar-refractivity contribution in [2.24, 2.45) is 0 Å². The molecule has 0 saturated carbocycles. The molecular formula is C13H17Cl2NO2. The highest BCUT2D eigenvalue weighted by Crippen LogP contribution is 2.24. The van der Waals surface area contributed by atoms with Crippen LogP contribution in [-0.4, -0.2) is 22.4 Å². The molecule has 0 bridgehead atoms. The van der Waals surface area contributed by atoms with Crippen LogP contribution >= 0.6 is 23.2 Å². The maximum absolute atomic E-state index is 12.1. The Morgan fingerprint density at radius 1 is 1.39 bits per heavy atom. The number of hydrogen-bond acceptors (Lipinski definition) is 2. The molecule has 0 aliphatic carbocycles. The zero-order chi connectivity index (χ0) is 13.8. The molecule has 0 saturated heterocycles. The van der Waals surface area contributed by atoms with E-state index < -0.39 is 5.54 Å². The van der Waals surface area contributed by atoms with Gasteiger partial charge in [0.15, 0.2) is 0 Å². The molecule has 0 aliphatic heterocycles. The average molecular weight is 290 g/mol. The van der Waals surface area contributed by atoms with Crippen molar-refractivity contribution in [2.75, 3.05) is 5.88 Å². The quantitative estimate of drug-likeness (QED) is 0.814. The first-order valence-electron chi connectivity index (χ1n) is 5.85. The van der Waals surface area contributed by atoms with E-state index >= 15 is 0 Å². The van der Waals surface area contributed by atoms with Gasteiger partial charge >= 0.3 is 0 Å². The second-order valence-electron chi connectivity index (χ2n) is 4.24. The van der Waals surface area contributed by atoms with Gasteiger partial charge in [-0.05, 0) is 31.0 Å². The second kappa shape index (κ2) is 6.30. The summed E-state index contributed by atoms with van der Waals surface area (Å²) in [6, 6.07) is 4.37. The average Bonchev–Trinajstić information content (AvgIpc) is 2.39. The largest absolute Gasteiger partial charge is 0.506 e. The lowest BCUT2D eigenvalue weighted by Crippen LogP contribution is -2.49. The van der Waals surface area contributed by atoms with E-state index in [4.69, 9.17) is 23.2 Å². The predicted octanol–water partition coefficient (Wildman–Crippen LogP) is 3.57. The lowest BCUT2D eigenvalue weighted by Gasteiger charge is -2.30. The van der Waals surface area contributed by atoms with Gasteiger partial charge in [-0.3, -0.25) is 4.79 Å². The smallest absolute Gasteiger partial charge is 0.251 e. The molecule has 0 atom stereocenters. The van der Waals surface area contributed by atoms with E-state index in [0.717, 1.165) is 12.8 Å². The third-order valence-electron chi connectivity index (χ3n) is 3.20. The number of phenolic OH excluding ortho intramolecular Hbond substituents is 1. The number of benzene rings is 1. The molecule has 1 aromatic rings. The van der Waals surface area contributed by atoms with E-state index in [1.165, 1.54) is 18.2 Å². The fourth-order valence-electron chi connectivity index (χ4n) is 1.61. The molecule has 0 unspecified atom stereocenters. The summed E-state index contributed by atoms with van der Waals surface area (Å²) in [7, 11) is 0. The maximum Gasteiger partial charge on any atom is 0.251 e. The SMILES string of the molecule is CCC(CC)(CCl)NC(=O)c1ccc(O)c(Cl)c1. The van der Waals surface area contributed by atoms with Gasteiger partial charge in [0.2, 0.25) is 0 Å². The van der Waals surface area contributed by atoms with E-state index in [1.54, 1.807) is 0 Å². The topological polar surface area (TPSA) is 49.3 Å². The van der Waals surface area contributed by atoms with Crippen molar-refractivity contribution in [2.45, 2.75) is 32.2 Å². The van der Waals surface area contributed by atoms with E-state index in [0.29, 0.717) is 11.4 Å². The number of carbonyl (C=O) groups is 1. The van der Waals surface area contributed by atoms with Gasteiger partial charge in [0, 0.05) is 11.4 Å². The van der Waals surface area contributed by atoms with Crippen LogP contribution in [0.4, 0.5) is 0 Å². The number of phenols is 1. The van der Waals surface area contributed by atoms with Crippen molar-refractivity contribution in [1.82, 2.24) is 5.32 Å². The van der Waals surface area contributed by atoms with Crippen LogP contribution in [0.5, 0.6) is 5.75 Å². The lowest BCUT2D eigenvalue weighted by molar-refractivity contribution is 0.0902. The monoisotopic (exact) mass is 289 g/mol. The lowest BCUT2D eigenvalue weighted by atomic mass is 9.94. The number of alkyl halides is 1. The Kier molecular flexibility index (Phi) is 5.29. The highest BCUT2D eigenvalue weighted by atomic mass is 35.5. The van der Waals surface area contributed by atoms with Crippen molar-refractivity contribution in [3.8, 4) is 5.75 Å². The molecule has 0 fully saturated rings. The Balaban J connectivity index is 2.90. The van der Waals surface area contributed by atoms with Crippen LogP contribution < -0.4 is 5.32 Å². The molecule has 2 N–H and O–H groups in total. The summed E-state index contributed by atoms with van der Waals surface area (Å²) in [6.07, 6.45) is 1.51. The summed E-state index contributed by atoms with van der Waals surface area (Å²) in [5, 5.41) is 12.4. The van der Waals surface area contributed by atoms with Crippen LogP contribution in [0.25, 0.3) is 0 Å². The van der Waals surface area contributed by atoms with Crippen molar-refractivity contribution in [3.63, 3.8) is 0 Å². The van der Waals surface area contributed by atoms with Crippen LogP contribution in [0.3, 0.4) is 0 Å². The first-order valence-corrected chi connectivity index (χ1v) is 6.76.